The normalized spacial score (nSPS) is 23.4. The fraction of sp³-hybridized carbons (Fsp3) is 0.250. The zero-order chi connectivity index (χ0) is 44.5. The second-order valence-electron chi connectivity index (χ2n) is 22.3. The van der Waals surface area contributed by atoms with Gasteiger partial charge in [0.25, 0.3) is 6.71 Å². The molecular weight excluding hydrogens is 808 g/mol. The maximum Gasteiger partial charge on any atom is 0.252 e. The largest absolute Gasteiger partial charge is 0.311 e. The second-order valence-corrected chi connectivity index (χ2v) is 22.3. The van der Waals surface area contributed by atoms with E-state index in [1.54, 1.807) is 22.1 Å². The minimum Gasteiger partial charge on any atom is -0.311 e. The van der Waals surface area contributed by atoms with Crippen molar-refractivity contribution in [3.05, 3.63) is 198 Å². The monoisotopic (exact) mass is 862 g/mol. The van der Waals surface area contributed by atoms with Gasteiger partial charge in [0.2, 0.25) is 0 Å². The van der Waals surface area contributed by atoms with Crippen LogP contribution in [-0.2, 0) is 10.8 Å². The van der Waals surface area contributed by atoms with E-state index >= 15 is 0 Å². The Morgan fingerprint density at radius 1 is 0.433 bits per heavy atom. The Kier molecular flexibility index (Phi) is 7.78. The third-order valence-electron chi connectivity index (χ3n) is 18.4. The van der Waals surface area contributed by atoms with Gasteiger partial charge in [0.15, 0.2) is 0 Å². The lowest BCUT2D eigenvalue weighted by atomic mass is 9.25. The van der Waals surface area contributed by atoms with Crippen molar-refractivity contribution in [2.24, 2.45) is 23.7 Å². The van der Waals surface area contributed by atoms with Crippen molar-refractivity contribution < 1.29 is 0 Å². The molecule has 3 aliphatic heterocycles. The summed E-state index contributed by atoms with van der Waals surface area (Å²) in [4.78, 5) is 5.39. The number of hydrogen-bond donors (Lipinski definition) is 0. The van der Waals surface area contributed by atoms with Crippen LogP contribution >= 0.6 is 0 Å². The van der Waals surface area contributed by atoms with Gasteiger partial charge in [-0.3, -0.25) is 0 Å². The molecule has 4 bridgehead atoms. The highest BCUT2D eigenvalue weighted by molar-refractivity contribution is 7.01. The first-order valence-corrected chi connectivity index (χ1v) is 25.3. The van der Waals surface area contributed by atoms with Crippen LogP contribution in [0, 0.1) is 23.7 Å². The van der Waals surface area contributed by atoms with Crippen LogP contribution in [0.5, 0.6) is 0 Å². The van der Waals surface area contributed by atoms with Crippen LogP contribution in [0.2, 0.25) is 0 Å². The van der Waals surface area contributed by atoms with Crippen LogP contribution < -0.4 is 26.2 Å². The van der Waals surface area contributed by atoms with Gasteiger partial charge >= 0.3 is 0 Å². The van der Waals surface area contributed by atoms with Gasteiger partial charge in [-0.05, 0) is 194 Å². The average Bonchev–Trinajstić information content (AvgIpc) is 3.59. The molecule has 2 nitrogen and oxygen atoms in total. The second kappa shape index (κ2) is 13.5. The molecule has 16 rings (SSSR count). The highest BCUT2D eigenvalue weighted by Crippen LogP contribution is 2.67. The first-order chi connectivity index (χ1) is 32.8. The molecule has 3 heterocycles. The summed E-state index contributed by atoms with van der Waals surface area (Å²) < 4.78 is 0. The molecule has 0 saturated heterocycles. The van der Waals surface area contributed by atoms with Gasteiger partial charge in [-0.2, -0.15) is 0 Å². The van der Waals surface area contributed by atoms with Crippen molar-refractivity contribution in [2.45, 2.75) is 76.5 Å². The molecular formula is C64H55BN2. The van der Waals surface area contributed by atoms with Crippen molar-refractivity contribution in [3.63, 3.8) is 0 Å². The van der Waals surface area contributed by atoms with E-state index in [1.165, 1.54) is 122 Å². The molecule has 0 atom stereocenters. The summed E-state index contributed by atoms with van der Waals surface area (Å²) in [5.41, 5.74) is 27.5. The predicted octanol–water partition coefficient (Wildman–Crippen LogP) is 14.6. The molecule has 8 aromatic rings. The fourth-order valence-corrected chi connectivity index (χ4v) is 15.8. The van der Waals surface area contributed by atoms with Crippen molar-refractivity contribution in [1.29, 1.82) is 0 Å². The average molecular weight is 863 g/mol. The van der Waals surface area contributed by atoms with Crippen molar-refractivity contribution in [1.82, 2.24) is 0 Å². The van der Waals surface area contributed by atoms with E-state index in [-0.39, 0.29) is 17.5 Å². The van der Waals surface area contributed by atoms with E-state index in [2.05, 4.69) is 207 Å². The van der Waals surface area contributed by atoms with Crippen LogP contribution in [0.4, 0.5) is 34.1 Å². The maximum absolute atomic E-state index is 2.70. The third-order valence-corrected chi connectivity index (χ3v) is 18.4. The van der Waals surface area contributed by atoms with Gasteiger partial charge in [0.1, 0.15) is 0 Å². The lowest BCUT2D eigenvalue weighted by Crippen LogP contribution is -2.71. The van der Waals surface area contributed by atoms with E-state index in [1.807, 2.05) is 0 Å². The van der Waals surface area contributed by atoms with Crippen LogP contribution in [0.1, 0.15) is 93.5 Å². The van der Waals surface area contributed by atoms with E-state index < -0.39 is 0 Å². The maximum atomic E-state index is 2.70. The van der Waals surface area contributed by atoms with E-state index in [9.17, 15) is 0 Å². The summed E-state index contributed by atoms with van der Waals surface area (Å²) in [6, 6.07) is 66.4. The summed E-state index contributed by atoms with van der Waals surface area (Å²) in [5.74, 6) is 3.51. The number of hydrogen-bond acceptors (Lipinski definition) is 2. The fourth-order valence-electron chi connectivity index (χ4n) is 15.8. The molecule has 8 aromatic carbocycles. The van der Waals surface area contributed by atoms with Crippen molar-refractivity contribution in [2.75, 3.05) is 9.80 Å². The summed E-state index contributed by atoms with van der Waals surface area (Å²) in [6.45, 7) is 9.62. The molecule has 4 saturated carbocycles. The molecule has 1 spiro atoms. The van der Waals surface area contributed by atoms with Crippen molar-refractivity contribution >= 4 is 57.2 Å². The van der Waals surface area contributed by atoms with Gasteiger partial charge in [0, 0.05) is 45.0 Å². The zero-order valence-corrected chi connectivity index (χ0v) is 39.1. The number of nitrogens with zero attached hydrogens (tertiary/aromatic N) is 2. The molecule has 0 N–H and O–H groups in total. The summed E-state index contributed by atoms with van der Waals surface area (Å²) in [7, 11) is 0. The van der Waals surface area contributed by atoms with Crippen LogP contribution in [0.3, 0.4) is 0 Å². The Morgan fingerprint density at radius 3 is 1.67 bits per heavy atom. The lowest BCUT2D eigenvalue weighted by Gasteiger charge is -2.65. The molecule has 324 valence electrons. The van der Waals surface area contributed by atoms with E-state index in [4.69, 9.17) is 0 Å². The Balaban J connectivity index is 1.04. The summed E-state index contributed by atoms with van der Waals surface area (Å²) in [6.07, 6.45) is 6.91. The van der Waals surface area contributed by atoms with Crippen LogP contribution in [0.25, 0.3) is 33.4 Å². The van der Waals surface area contributed by atoms with Gasteiger partial charge < -0.3 is 9.80 Å². The van der Waals surface area contributed by atoms with Gasteiger partial charge in [0.05, 0.1) is 0 Å². The quantitative estimate of drug-likeness (QED) is 0.159. The minimum atomic E-state index is -0.0963. The lowest BCUT2D eigenvalue weighted by molar-refractivity contribution is -0.0412. The Hall–Kier alpha value is -6.58. The molecule has 0 amide bonds. The highest BCUT2D eigenvalue weighted by Gasteiger charge is 2.64. The van der Waals surface area contributed by atoms with Gasteiger partial charge in [-0.1, -0.05) is 143 Å². The standard InChI is InChI=1S/C64H55BN2/c1-38(2)43-15-10-16-49(34-43)67-57-22-12-20-54-61(57)65-60-53(64(54)46-30-39-29-40(32-46)33-47(64)31-39)19-11-21-56(60)66(48-26-23-42(24-27-48)41-13-6-5-7-14-41)58-36-45(37-59(67)62(58)65)44-25-28-51-50-17-8-9-18-52(50)63(3,4)55(51)35-44/h5-28,34-40,46-47H,29-33H2,1-4H3. The molecule has 0 unspecified atom stereocenters. The summed E-state index contributed by atoms with van der Waals surface area (Å²) in [5, 5.41) is 0. The molecule has 67 heavy (non-hydrogen) atoms. The van der Waals surface area contributed by atoms with Crippen LogP contribution in [0.15, 0.2) is 170 Å². The third kappa shape index (κ3) is 5.03. The molecule has 0 aromatic heterocycles. The smallest absolute Gasteiger partial charge is 0.252 e. The van der Waals surface area contributed by atoms with Crippen molar-refractivity contribution in [3.8, 4) is 33.4 Å². The number of rotatable bonds is 5. The Bertz CT molecular complexity index is 3370. The summed E-state index contributed by atoms with van der Waals surface area (Å²) >= 11 is 0. The molecule has 4 fully saturated rings. The molecule has 5 aliphatic carbocycles. The van der Waals surface area contributed by atoms with Gasteiger partial charge in [-0.15, -0.1) is 0 Å². The molecule has 8 aliphatic rings. The Morgan fingerprint density at radius 2 is 1.00 bits per heavy atom. The minimum absolute atomic E-state index is 0.0125. The number of fused-ring (bicyclic) bond motifs is 3. The highest BCUT2D eigenvalue weighted by atomic mass is 15.2. The van der Waals surface area contributed by atoms with Crippen LogP contribution in [-0.4, -0.2) is 6.71 Å². The van der Waals surface area contributed by atoms with E-state index in [0.29, 0.717) is 17.8 Å². The molecule has 0 radical (unpaired) electrons. The first-order valence-electron chi connectivity index (χ1n) is 25.3. The predicted molar refractivity (Wildman–Crippen MR) is 281 cm³/mol. The number of benzene rings is 8. The topological polar surface area (TPSA) is 6.48 Å². The zero-order valence-electron chi connectivity index (χ0n) is 39.1. The SMILES string of the molecule is CC(C)c1cccc(N2c3cc(-c4ccc5c(c4)C(C)(C)c4ccccc4-5)cc4c3B3c5c(cccc5C5(c6cccc2c63)C2CC3CC(C2)CC5C3)N4c2ccc(-c3ccccc3)cc2)c1. The van der Waals surface area contributed by atoms with Gasteiger partial charge in [-0.25, -0.2) is 0 Å². The molecule has 3 heteroatoms. The van der Waals surface area contributed by atoms with E-state index in [0.717, 1.165) is 11.8 Å². The number of anilines is 6. The first kappa shape index (κ1) is 38.5. The Labute approximate surface area is 396 Å².